The summed E-state index contributed by atoms with van der Waals surface area (Å²) in [6.07, 6.45) is -8.99. The maximum Gasteiger partial charge on any atom is 0.573 e. The van der Waals surface area contributed by atoms with Crippen molar-refractivity contribution in [3.63, 3.8) is 0 Å². The van der Waals surface area contributed by atoms with E-state index in [1.807, 2.05) is 0 Å². The monoisotopic (exact) mass is 608 g/mol. The fourth-order valence-electron chi connectivity index (χ4n) is 3.94. The van der Waals surface area contributed by atoms with Crippen molar-refractivity contribution in [2.45, 2.75) is 31.5 Å². The maximum absolute atomic E-state index is 12.8. The van der Waals surface area contributed by atoms with Crippen LogP contribution in [0.5, 0.6) is 11.6 Å². The molecule has 0 bridgehead atoms. The quantitative estimate of drug-likeness (QED) is 0.142. The summed E-state index contributed by atoms with van der Waals surface area (Å²) in [7, 11) is 0. The summed E-state index contributed by atoms with van der Waals surface area (Å²) in [6.45, 7) is -1.45. The first-order valence-electron chi connectivity index (χ1n) is 12.0. The Balaban J connectivity index is 1.27. The van der Waals surface area contributed by atoms with Gasteiger partial charge in [0.2, 0.25) is 16.2 Å². The largest absolute Gasteiger partial charge is 0.573 e. The van der Waals surface area contributed by atoms with E-state index in [0.717, 1.165) is 30.5 Å². The van der Waals surface area contributed by atoms with Crippen LogP contribution in [0.25, 0.3) is 11.0 Å². The van der Waals surface area contributed by atoms with Crippen molar-refractivity contribution in [3.8, 4) is 11.6 Å². The van der Waals surface area contributed by atoms with E-state index in [0.29, 0.717) is 11.2 Å². The lowest BCUT2D eigenvalue weighted by molar-refractivity contribution is -0.950. The standard InChI is InChI=1S/C23H21F6N6O7/c24-22(25,26)12-40-18-9-13(3-6-30-18)20(37)33-8-5-15(11-33)41-19(36)4-7-31-21-32-35(39)17-10-14(42-23(27,28)29)1-2-16(17)34(21)38/h1-3,6,9-10,15,38H,4-5,7-8,11-12H2,(H,31,32,39)/q+1/p+1. The first-order valence-corrected chi connectivity index (χ1v) is 12.0. The van der Waals surface area contributed by atoms with Crippen molar-refractivity contribution in [2.24, 2.45) is 0 Å². The van der Waals surface area contributed by atoms with E-state index >= 15 is 0 Å². The molecule has 3 N–H and O–H groups in total. The van der Waals surface area contributed by atoms with Gasteiger partial charge >= 0.3 is 30.0 Å². The number of nitrogens with one attached hydrogen (secondary N) is 1. The molecule has 1 aliphatic heterocycles. The first kappa shape index (κ1) is 30.1. The summed E-state index contributed by atoms with van der Waals surface area (Å²) >= 11 is 0. The Labute approximate surface area is 231 Å². The Hall–Kier alpha value is -4.84. The van der Waals surface area contributed by atoms with Crippen molar-refractivity contribution >= 4 is 28.9 Å². The van der Waals surface area contributed by atoms with Crippen LogP contribution in [-0.2, 0) is 9.53 Å². The van der Waals surface area contributed by atoms with Crippen LogP contribution in [0.2, 0.25) is 0 Å². The number of fused-ring (bicyclic) bond motifs is 1. The third-order valence-corrected chi connectivity index (χ3v) is 5.72. The van der Waals surface area contributed by atoms with Crippen LogP contribution in [-0.4, -0.2) is 82.2 Å². The molecule has 19 heteroatoms. The third-order valence-electron chi connectivity index (χ3n) is 5.72. The van der Waals surface area contributed by atoms with E-state index in [-0.39, 0.29) is 59.3 Å². The summed E-state index contributed by atoms with van der Waals surface area (Å²) in [6, 6.07) is 5.15. The second kappa shape index (κ2) is 12.0. The van der Waals surface area contributed by atoms with E-state index in [1.165, 1.54) is 11.0 Å². The van der Waals surface area contributed by atoms with E-state index in [2.05, 4.69) is 24.9 Å². The smallest absolute Gasteiger partial charge is 0.468 e. The van der Waals surface area contributed by atoms with Crippen LogP contribution >= 0.6 is 0 Å². The summed E-state index contributed by atoms with van der Waals surface area (Å²) in [5.41, 5.74) is -0.416. The number of likely N-dealkylation sites (tertiary alicyclic amines) is 1. The minimum absolute atomic E-state index is 0.0342. The van der Waals surface area contributed by atoms with Crippen molar-refractivity contribution in [3.05, 3.63) is 42.1 Å². The average molecular weight is 608 g/mol. The molecule has 0 aliphatic carbocycles. The minimum Gasteiger partial charge on any atom is -0.468 e. The number of amides is 1. The fraction of sp³-hybridized carbons (Fsp3) is 0.391. The summed E-state index contributed by atoms with van der Waals surface area (Å²) in [5, 5.41) is 26.6. The van der Waals surface area contributed by atoms with Gasteiger partial charge in [-0.25, -0.2) is 10.2 Å². The van der Waals surface area contributed by atoms with Crippen LogP contribution in [0.1, 0.15) is 23.2 Å². The van der Waals surface area contributed by atoms with Gasteiger partial charge in [0.25, 0.3) is 11.0 Å². The van der Waals surface area contributed by atoms with Crippen LogP contribution < -0.4 is 24.4 Å². The number of hydrogen-bond acceptors (Lipinski definition) is 10. The lowest BCUT2D eigenvalue weighted by Gasteiger charge is -2.17. The van der Waals surface area contributed by atoms with E-state index < -0.39 is 42.9 Å². The fourth-order valence-corrected chi connectivity index (χ4v) is 3.94. The molecule has 3 heterocycles. The SMILES string of the molecule is O=C(CCNc1n[n+](O)c2cc(OC(F)(F)F)ccc2[n+]1O)OC1CCN(C(=O)c2ccnc(OCC(F)(F)F)c2)C1. The van der Waals surface area contributed by atoms with Crippen LogP contribution in [0.15, 0.2) is 36.5 Å². The number of nitrogens with zero attached hydrogens (tertiary/aromatic N) is 5. The van der Waals surface area contributed by atoms with Gasteiger partial charge in [-0.2, -0.15) is 13.2 Å². The highest BCUT2D eigenvalue weighted by Gasteiger charge is 2.34. The number of alkyl halides is 6. The first-order chi connectivity index (χ1) is 19.7. The van der Waals surface area contributed by atoms with Crippen LogP contribution in [0.4, 0.5) is 32.3 Å². The number of aromatic nitrogens is 4. The molecule has 4 rings (SSSR count). The highest BCUT2D eigenvalue weighted by Crippen LogP contribution is 2.24. The van der Waals surface area contributed by atoms with E-state index in [1.54, 1.807) is 0 Å². The number of halogens is 6. The Bertz CT molecular complexity index is 1470. The van der Waals surface area contributed by atoms with Crippen molar-refractivity contribution in [2.75, 3.05) is 31.6 Å². The van der Waals surface area contributed by atoms with Gasteiger partial charge in [-0.3, -0.25) is 14.9 Å². The molecule has 0 spiro atoms. The molecule has 1 aromatic carbocycles. The molecule has 1 amide bonds. The number of ether oxygens (including phenoxy) is 3. The van der Waals surface area contributed by atoms with Gasteiger partial charge in [0.1, 0.15) is 11.9 Å². The maximum atomic E-state index is 12.8. The van der Waals surface area contributed by atoms with Gasteiger partial charge in [-0.1, -0.05) is 0 Å². The minimum atomic E-state index is -4.97. The summed E-state index contributed by atoms with van der Waals surface area (Å²) in [5.74, 6) is -2.57. The number of carbonyl (C=O) groups is 2. The Morgan fingerprint density at radius 2 is 1.86 bits per heavy atom. The zero-order valence-corrected chi connectivity index (χ0v) is 21.2. The van der Waals surface area contributed by atoms with Gasteiger partial charge < -0.3 is 24.3 Å². The van der Waals surface area contributed by atoms with Crippen LogP contribution in [0, 0.1) is 0 Å². The van der Waals surface area contributed by atoms with Crippen molar-refractivity contribution in [1.29, 1.82) is 0 Å². The number of benzene rings is 1. The molecular weight excluding hydrogens is 586 g/mol. The lowest BCUT2D eigenvalue weighted by Crippen LogP contribution is -2.47. The van der Waals surface area contributed by atoms with Gasteiger partial charge in [-0.05, 0) is 22.9 Å². The van der Waals surface area contributed by atoms with Crippen molar-refractivity contribution < 1.29 is 70.1 Å². The third kappa shape index (κ3) is 7.88. The Morgan fingerprint density at radius 1 is 1.10 bits per heavy atom. The molecule has 42 heavy (non-hydrogen) atoms. The van der Waals surface area contributed by atoms with Gasteiger partial charge in [0.05, 0.1) is 25.6 Å². The molecule has 1 fully saturated rings. The zero-order chi connectivity index (χ0) is 30.7. The molecule has 0 saturated carbocycles. The van der Waals surface area contributed by atoms with Gasteiger partial charge in [0.15, 0.2) is 6.61 Å². The molecule has 3 aromatic rings. The molecule has 1 unspecified atom stereocenters. The normalized spacial score (nSPS) is 15.5. The lowest BCUT2D eigenvalue weighted by atomic mass is 10.2. The number of anilines is 1. The van der Waals surface area contributed by atoms with Gasteiger partial charge in [-0.15, -0.1) is 13.2 Å². The highest BCUT2D eigenvalue weighted by atomic mass is 19.4. The number of hydrogen-bond donors (Lipinski definition) is 3. The molecule has 226 valence electrons. The molecule has 2 aromatic heterocycles. The predicted octanol–water partition coefficient (Wildman–Crippen LogP) is 1.78. The molecule has 0 radical (unpaired) electrons. The number of pyridine rings is 1. The molecule has 1 aliphatic rings. The van der Waals surface area contributed by atoms with Gasteiger partial charge in [0, 0.05) is 30.8 Å². The average Bonchev–Trinajstić information content (AvgIpc) is 3.37. The predicted molar refractivity (Wildman–Crippen MR) is 122 cm³/mol. The number of rotatable bonds is 9. The van der Waals surface area contributed by atoms with Crippen molar-refractivity contribution in [1.82, 2.24) is 15.0 Å². The molecule has 1 saturated heterocycles. The molecule has 13 nitrogen and oxygen atoms in total. The topological polar surface area (TPSA) is 151 Å². The zero-order valence-electron chi connectivity index (χ0n) is 21.2. The number of carbonyl (C=O) groups excluding carboxylic acids is 2. The summed E-state index contributed by atoms with van der Waals surface area (Å²) < 4.78 is 88.6. The Kier molecular flexibility index (Phi) is 8.57. The highest BCUT2D eigenvalue weighted by molar-refractivity contribution is 5.94. The van der Waals surface area contributed by atoms with E-state index in [9.17, 15) is 46.3 Å². The van der Waals surface area contributed by atoms with Crippen LogP contribution in [0.3, 0.4) is 0 Å². The second-order valence-corrected chi connectivity index (χ2v) is 8.84. The molecular formula is C23H22F6N6O7+2. The van der Waals surface area contributed by atoms with E-state index in [4.69, 9.17) is 4.74 Å². The number of esters is 1. The summed E-state index contributed by atoms with van der Waals surface area (Å²) in [4.78, 5) is 30.3. The Morgan fingerprint density at radius 3 is 2.57 bits per heavy atom. The second-order valence-electron chi connectivity index (χ2n) is 8.84. The molecule has 1 atom stereocenters.